The molecule has 1 heterocycles. The van der Waals surface area contributed by atoms with Crippen molar-refractivity contribution < 1.29 is 14.2 Å². The number of carbonyl (C=O) groups is 1. The summed E-state index contributed by atoms with van der Waals surface area (Å²) in [6.07, 6.45) is 1.29. The van der Waals surface area contributed by atoms with Crippen LogP contribution in [-0.4, -0.2) is 27.2 Å². The number of carbonyl (C=O) groups excluding carboxylic acids is 1. The summed E-state index contributed by atoms with van der Waals surface area (Å²) in [5.74, 6) is -0.964. The minimum Gasteiger partial charge on any atom is -0.328 e. The molecule has 1 amide bonds. The standard InChI is InChI=1S/C16H9Cl2N5O4/c17-12-2-1-3-13(18)11(12)8-19-21-15(24)16-20-14(22-27-16)9-4-6-10(7-5-9)23(25)26/h1-8H,(H,21,24)/b19-8-. The van der Waals surface area contributed by atoms with Gasteiger partial charge in [0.1, 0.15) is 0 Å². The zero-order valence-electron chi connectivity index (χ0n) is 13.3. The molecule has 0 aliphatic carbocycles. The van der Waals surface area contributed by atoms with Crippen LogP contribution in [0.2, 0.25) is 10.0 Å². The fourth-order valence-corrected chi connectivity index (χ4v) is 2.50. The molecule has 0 atom stereocenters. The lowest BCUT2D eigenvalue weighted by atomic mass is 10.2. The molecule has 0 bridgehead atoms. The van der Waals surface area contributed by atoms with Gasteiger partial charge in [0, 0.05) is 23.3 Å². The molecule has 0 fully saturated rings. The van der Waals surface area contributed by atoms with E-state index in [0.29, 0.717) is 21.2 Å². The minimum atomic E-state index is -0.741. The molecule has 136 valence electrons. The van der Waals surface area contributed by atoms with E-state index in [-0.39, 0.29) is 17.4 Å². The third-order valence-corrected chi connectivity index (χ3v) is 3.98. The highest BCUT2D eigenvalue weighted by Crippen LogP contribution is 2.22. The monoisotopic (exact) mass is 405 g/mol. The van der Waals surface area contributed by atoms with Gasteiger partial charge in [0.05, 0.1) is 21.2 Å². The summed E-state index contributed by atoms with van der Waals surface area (Å²) in [4.78, 5) is 26.1. The van der Waals surface area contributed by atoms with Crippen molar-refractivity contribution in [2.45, 2.75) is 0 Å². The van der Waals surface area contributed by atoms with Crippen LogP contribution in [0.1, 0.15) is 16.2 Å². The molecule has 0 aliphatic heterocycles. The molecule has 0 spiro atoms. The number of rotatable bonds is 5. The predicted octanol–water partition coefficient (Wildman–Crippen LogP) is 3.72. The van der Waals surface area contributed by atoms with Crippen LogP contribution in [0.3, 0.4) is 0 Å². The third kappa shape index (κ3) is 4.27. The van der Waals surface area contributed by atoms with E-state index in [9.17, 15) is 14.9 Å². The Morgan fingerprint density at radius 2 is 1.85 bits per heavy atom. The number of benzene rings is 2. The Kier molecular flexibility index (Phi) is 5.43. The van der Waals surface area contributed by atoms with Crippen molar-refractivity contribution >= 4 is 41.0 Å². The van der Waals surface area contributed by atoms with E-state index in [2.05, 4.69) is 20.7 Å². The van der Waals surface area contributed by atoms with E-state index in [1.807, 2.05) is 0 Å². The molecule has 2 aromatic carbocycles. The summed E-state index contributed by atoms with van der Waals surface area (Å²) in [7, 11) is 0. The summed E-state index contributed by atoms with van der Waals surface area (Å²) >= 11 is 12.0. The first kappa shape index (κ1) is 18.5. The van der Waals surface area contributed by atoms with Crippen molar-refractivity contribution in [2.75, 3.05) is 0 Å². The van der Waals surface area contributed by atoms with Crippen LogP contribution in [0.5, 0.6) is 0 Å². The Morgan fingerprint density at radius 1 is 1.19 bits per heavy atom. The second-order valence-electron chi connectivity index (χ2n) is 5.06. The van der Waals surface area contributed by atoms with Gasteiger partial charge in [-0.2, -0.15) is 10.1 Å². The SMILES string of the molecule is O=C(N/N=C\c1c(Cl)cccc1Cl)c1nc(-c2ccc([N+](=O)[O-])cc2)no1. The van der Waals surface area contributed by atoms with E-state index in [0.717, 1.165) is 0 Å². The van der Waals surface area contributed by atoms with Gasteiger partial charge in [-0.05, 0) is 24.3 Å². The van der Waals surface area contributed by atoms with Gasteiger partial charge in [-0.25, -0.2) is 5.43 Å². The molecule has 0 unspecified atom stereocenters. The fraction of sp³-hybridized carbons (Fsp3) is 0. The highest BCUT2D eigenvalue weighted by Gasteiger charge is 2.16. The maximum absolute atomic E-state index is 12.0. The number of non-ortho nitro benzene ring substituents is 1. The number of hydrazone groups is 1. The molecule has 0 radical (unpaired) electrons. The van der Waals surface area contributed by atoms with Crippen LogP contribution < -0.4 is 5.43 Å². The normalized spacial score (nSPS) is 10.9. The number of aromatic nitrogens is 2. The summed E-state index contributed by atoms with van der Waals surface area (Å²) in [5.41, 5.74) is 3.04. The lowest BCUT2D eigenvalue weighted by Gasteiger charge is -2.00. The third-order valence-electron chi connectivity index (χ3n) is 3.32. The first-order chi connectivity index (χ1) is 13.0. The average Bonchev–Trinajstić information content (AvgIpc) is 3.14. The number of nitro benzene ring substituents is 1. The van der Waals surface area contributed by atoms with Crippen molar-refractivity contribution in [3.8, 4) is 11.4 Å². The molecule has 27 heavy (non-hydrogen) atoms. The van der Waals surface area contributed by atoms with Crippen LogP contribution in [0.15, 0.2) is 52.1 Å². The van der Waals surface area contributed by atoms with Gasteiger partial charge in [-0.15, -0.1) is 0 Å². The minimum absolute atomic E-state index is 0.0761. The number of amides is 1. The van der Waals surface area contributed by atoms with Gasteiger partial charge in [-0.1, -0.05) is 34.4 Å². The second kappa shape index (κ2) is 7.94. The summed E-state index contributed by atoms with van der Waals surface area (Å²) in [6, 6.07) is 10.4. The van der Waals surface area contributed by atoms with Crippen LogP contribution in [-0.2, 0) is 0 Å². The topological polar surface area (TPSA) is 124 Å². The smallest absolute Gasteiger partial charge is 0.328 e. The van der Waals surface area contributed by atoms with E-state index in [1.54, 1.807) is 18.2 Å². The molecule has 3 rings (SSSR count). The highest BCUT2D eigenvalue weighted by atomic mass is 35.5. The van der Waals surface area contributed by atoms with Gasteiger partial charge in [-0.3, -0.25) is 14.9 Å². The number of hydrogen-bond acceptors (Lipinski definition) is 7. The molecule has 0 aliphatic rings. The quantitative estimate of drug-likeness (QED) is 0.391. The Labute approximate surface area is 161 Å². The summed E-state index contributed by atoms with van der Waals surface area (Å²) in [5, 5.41) is 18.8. The lowest BCUT2D eigenvalue weighted by Crippen LogP contribution is -2.18. The van der Waals surface area contributed by atoms with E-state index in [1.165, 1.54) is 30.5 Å². The predicted molar refractivity (Wildman–Crippen MR) is 97.9 cm³/mol. The maximum atomic E-state index is 12.0. The number of nitrogens with one attached hydrogen (secondary N) is 1. The molecule has 0 saturated carbocycles. The van der Waals surface area contributed by atoms with Crippen LogP contribution in [0.25, 0.3) is 11.4 Å². The fourth-order valence-electron chi connectivity index (χ4n) is 2.00. The van der Waals surface area contributed by atoms with Crippen LogP contribution in [0, 0.1) is 10.1 Å². The Bertz CT molecular complexity index is 1010. The Morgan fingerprint density at radius 3 is 2.48 bits per heavy atom. The molecule has 9 nitrogen and oxygen atoms in total. The molecular formula is C16H9Cl2N5O4. The Balaban J connectivity index is 1.70. The van der Waals surface area contributed by atoms with Crippen molar-refractivity contribution in [1.29, 1.82) is 0 Å². The van der Waals surface area contributed by atoms with Crippen LogP contribution in [0.4, 0.5) is 5.69 Å². The van der Waals surface area contributed by atoms with E-state index < -0.39 is 10.8 Å². The largest absolute Gasteiger partial charge is 0.329 e. The molecule has 0 saturated heterocycles. The number of hydrogen-bond donors (Lipinski definition) is 1. The van der Waals surface area contributed by atoms with Crippen LogP contribution >= 0.6 is 23.2 Å². The molecule has 1 aromatic heterocycles. The van der Waals surface area contributed by atoms with Gasteiger partial charge >= 0.3 is 11.8 Å². The zero-order chi connectivity index (χ0) is 19.4. The van der Waals surface area contributed by atoms with Gasteiger partial charge in [0.15, 0.2) is 0 Å². The van der Waals surface area contributed by atoms with Gasteiger partial charge in [0.25, 0.3) is 5.69 Å². The molecule has 1 N–H and O–H groups in total. The summed E-state index contributed by atoms with van der Waals surface area (Å²) in [6.45, 7) is 0. The van der Waals surface area contributed by atoms with Crippen molar-refractivity contribution in [1.82, 2.24) is 15.6 Å². The number of halogens is 2. The second-order valence-corrected chi connectivity index (χ2v) is 5.88. The molecular weight excluding hydrogens is 397 g/mol. The van der Waals surface area contributed by atoms with Crippen molar-refractivity contribution in [3.05, 3.63) is 74.1 Å². The number of nitro groups is 1. The summed E-state index contributed by atoms with van der Waals surface area (Å²) < 4.78 is 4.88. The maximum Gasteiger partial charge on any atom is 0.329 e. The van der Waals surface area contributed by atoms with E-state index in [4.69, 9.17) is 27.7 Å². The average molecular weight is 406 g/mol. The van der Waals surface area contributed by atoms with E-state index >= 15 is 0 Å². The number of nitrogens with zero attached hydrogens (tertiary/aromatic N) is 4. The Hall–Kier alpha value is -3.30. The first-order valence-electron chi connectivity index (χ1n) is 7.31. The van der Waals surface area contributed by atoms with Gasteiger partial charge in [0.2, 0.25) is 5.82 Å². The molecule has 11 heteroatoms. The first-order valence-corrected chi connectivity index (χ1v) is 8.07. The zero-order valence-corrected chi connectivity index (χ0v) is 14.8. The van der Waals surface area contributed by atoms with Crippen molar-refractivity contribution in [3.63, 3.8) is 0 Å². The molecule has 3 aromatic rings. The highest BCUT2D eigenvalue weighted by molar-refractivity contribution is 6.38. The van der Waals surface area contributed by atoms with Gasteiger partial charge < -0.3 is 4.52 Å². The van der Waals surface area contributed by atoms with Crippen molar-refractivity contribution in [2.24, 2.45) is 5.10 Å². The lowest BCUT2D eigenvalue weighted by molar-refractivity contribution is -0.384.